The van der Waals surface area contributed by atoms with Gasteiger partial charge < -0.3 is 4.90 Å². The summed E-state index contributed by atoms with van der Waals surface area (Å²) in [6.07, 6.45) is 5.93. The lowest BCUT2D eigenvalue weighted by Gasteiger charge is -2.34. The maximum absolute atomic E-state index is 12.7. The number of hydrogen-bond acceptors (Lipinski definition) is 1. The Morgan fingerprint density at radius 1 is 1.35 bits per heavy atom. The second-order valence-corrected chi connectivity index (χ2v) is 6.68. The molecule has 2 nitrogen and oxygen atoms in total. The van der Waals surface area contributed by atoms with Crippen molar-refractivity contribution in [2.24, 2.45) is 0 Å². The van der Waals surface area contributed by atoms with Crippen LogP contribution >= 0.6 is 27.5 Å². The van der Waals surface area contributed by atoms with Crippen LogP contribution < -0.4 is 0 Å². The van der Waals surface area contributed by atoms with E-state index >= 15 is 0 Å². The number of halogens is 2. The number of benzene rings is 1. The lowest BCUT2D eigenvalue weighted by molar-refractivity contribution is 0.0649. The fourth-order valence-corrected chi connectivity index (χ4v) is 3.39. The van der Waals surface area contributed by atoms with Crippen LogP contribution in [0, 0.1) is 6.92 Å². The van der Waals surface area contributed by atoms with Gasteiger partial charge >= 0.3 is 0 Å². The zero-order valence-corrected chi connectivity index (χ0v) is 14.2. The van der Waals surface area contributed by atoms with Crippen molar-refractivity contribution in [3.63, 3.8) is 0 Å². The van der Waals surface area contributed by atoms with Crippen molar-refractivity contribution in [2.75, 3.05) is 12.4 Å². The largest absolute Gasteiger partial charge is 0.334 e. The first-order valence-electron chi connectivity index (χ1n) is 7.26. The number of carbonyl (C=O) groups is 1. The maximum Gasteiger partial charge on any atom is 0.254 e. The standard InChI is InChI=1S/C16H21BrClNO/c1-12-7-8-13(11-15(12)17)16(20)19(10-9-18)14-5-3-2-4-6-14/h7-8,11,14H,2-6,9-10H2,1H3. The summed E-state index contributed by atoms with van der Waals surface area (Å²) < 4.78 is 0.984. The van der Waals surface area contributed by atoms with Gasteiger partial charge in [-0.25, -0.2) is 0 Å². The molecule has 0 atom stereocenters. The molecule has 1 fully saturated rings. The van der Waals surface area contributed by atoms with Gasteiger partial charge in [-0.2, -0.15) is 0 Å². The second-order valence-electron chi connectivity index (χ2n) is 5.44. The fraction of sp³-hybridized carbons (Fsp3) is 0.562. The summed E-state index contributed by atoms with van der Waals surface area (Å²) in [6.45, 7) is 2.66. The molecule has 0 spiro atoms. The number of alkyl halides is 1. The third-order valence-corrected chi connectivity index (χ3v) is 5.04. The Bertz CT molecular complexity index is 472. The number of carbonyl (C=O) groups excluding carboxylic acids is 1. The molecule has 110 valence electrons. The van der Waals surface area contributed by atoms with E-state index in [-0.39, 0.29) is 5.91 Å². The van der Waals surface area contributed by atoms with Gasteiger partial charge in [0.2, 0.25) is 0 Å². The van der Waals surface area contributed by atoms with Gasteiger partial charge in [-0.3, -0.25) is 4.79 Å². The molecule has 1 saturated carbocycles. The smallest absolute Gasteiger partial charge is 0.254 e. The molecule has 1 aliphatic rings. The first-order chi connectivity index (χ1) is 9.63. The Morgan fingerprint density at radius 2 is 2.05 bits per heavy atom. The van der Waals surface area contributed by atoms with E-state index in [1.54, 1.807) is 0 Å². The highest BCUT2D eigenvalue weighted by molar-refractivity contribution is 9.10. The lowest BCUT2D eigenvalue weighted by Crippen LogP contribution is -2.42. The van der Waals surface area contributed by atoms with Gasteiger partial charge in [0.25, 0.3) is 5.91 Å². The van der Waals surface area contributed by atoms with E-state index in [0.29, 0.717) is 18.5 Å². The maximum atomic E-state index is 12.7. The van der Waals surface area contributed by atoms with E-state index in [0.717, 1.165) is 28.4 Å². The number of aryl methyl sites for hydroxylation is 1. The molecule has 0 unspecified atom stereocenters. The van der Waals surface area contributed by atoms with E-state index in [9.17, 15) is 4.79 Å². The van der Waals surface area contributed by atoms with Crippen molar-refractivity contribution in [3.8, 4) is 0 Å². The third kappa shape index (κ3) is 3.76. The summed E-state index contributed by atoms with van der Waals surface area (Å²) in [5.74, 6) is 0.605. The molecule has 1 aliphatic carbocycles. The van der Waals surface area contributed by atoms with Crippen LogP contribution in [0.1, 0.15) is 48.0 Å². The molecule has 0 bridgehead atoms. The van der Waals surface area contributed by atoms with E-state index in [2.05, 4.69) is 15.9 Å². The van der Waals surface area contributed by atoms with Crippen LogP contribution in [0.4, 0.5) is 0 Å². The van der Waals surface area contributed by atoms with E-state index in [1.807, 2.05) is 30.0 Å². The highest BCUT2D eigenvalue weighted by Crippen LogP contribution is 2.25. The van der Waals surface area contributed by atoms with Gasteiger partial charge in [0, 0.05) is 28.5 Å². The van der Waals surface area contributed by atoms with Crippen molar-refractivity contribution in [3.05, 3.63) is 33.8 Å². The molecule has 0 N–H and O–H groups in total. The normalized spacial score (nSPS) is 16.1. The van der Waals surface area contributed by atoms with Crippen molar-refractivity contribution in [1.29, 1.82) is 0 Å². The molecule has 4 heteroatoms. The summed E-state index contributed by atoms with van der Waals surface area (Å²) in [4.78, 5) is 14.7. The van der Waals surface area contributed by atoms with Crippen molar-refractivity contribution in [1.82, 2.24) is 4.90 Å². The Labute approximate surface area is 134 Å². The van der Waals surface area contributed by atoms with Crippen molar-refractivity contribution in [2.45, 2.75) is 45.1 Å². The van der Waals surface area contributed by atoms with Crippen LogP contribution in [-0.4, -0.2) is 29.3 Å². The third-order valence-electron chi connectivity index (χ3n) is 4.02. The Kier molecular flexibility index (Phi) is 5.91. The summed E-state index contributed by atoms with van der Waals surface area (Å²) in [5.41, 5.74) is 1.89. The molecule has 0 saturated heterocycles. The van der Waals surface area contributed by atoms with Gasteiger partial charge in [0.05, 0.1) is 0 Å². The number of hydrogen-bond donors (Lipinski definition) is 0. The van der Waals surface area contributed by atoms with Crippen molar-refractivity contribution < 1.29 is 4.79 Å². The first kappa shape index (κ1) is 15.8. The van der Waals surface area contributed by atoms with Gasteiger partial charge in [-0.1, -0.05) is 41.3 Å². The molecule has 0 heterocycles. The number of nitrogens with zero attached hydrogens (tertiary/aromatic N) is 1. The SMILES string of the molecule is Cc1ccc(C(=O)N(CCCl)C2CCCCC2)cc1Br. The highest BCUT2D eigenvalue weighted by Gasteiger charge is 2.25. The van der Waals surface area contributed by atoms with Crippen LogP contribution in [-0.2, 0) is 0 Å². The Hall–Kier alpha value is -0.540. The number of rotatable bonds is 4. The molecule has 1 amide bonds. The zero-order valence-electron chi connectivity index (χ0n) is 11.9. The van der Waals surface area contributed by atoms with Crippen molar-refractivity contribution >= 4 is 33.4 Å². The minimum atomic E-state index is 0.109. The van der Waals surface area contributed by atoms with Gasteiger partial charge in [0.15, 0.2) is 0 Å². The molecule has 2 rings (SSSR count). The zero-order chi connectivity index (χ0) is 14.5. The van der Waals surface area contributed by atoms with Gasteiger partial charge in [0.1, 0.15) is 0 Å². The van der Waals surface area contributed by atoms with Crippen LogP contribution in [0.2, 0.25) is 0 Å². The Balaban J connectivity index is 2.18. The molecular weight excluding hydrogens is 338 g/mol. The van der Waals surface area contributed by atoms with Gasteiger partial charge in [-0.15, -0.1) is 11.6 Å². The quantitative estimate of drug-likeness (QED) is 0.710. The van der Waals surface area contributed by atoms with E-state index in [4.69, 9.17) is 11.6 Å². The summed E-state index contributed by atoms with van der Waals surface area (Å²) in [5, 5.41) is 0. The molecule has 0 aliphatic heterocycles. The van der Waals surface area contributed by atoms with E-state index < -0.39 is 0 Å². The van der Waals surface area contributed by atoms with Crippen LogP contribution in [0.3, 0.4) is 0 Å². The van der Waals surface area contributed by atoms with Crippen LogP contribution in [0.25, 0.3) is 0 Å². The summed E-state index contributed by atoms with van der Waals surface area (Å²) in [6, 6.07) is 6.17. The van der Waals surface area contributed by atoms with Gasteiger partial charge in [-0.05, 0) is 37.5 Å². The number of amides is 1. The minimum absolute atomic E-state index is 0.109. The molecule has 1 aromatic rings. The lowest BCUT2D eigenvalue weighted by atomic mass is 9.93. The second kappa shape index (κ2) is 7.46. The van der Waals surface area contributed by atoms with E-state index in [1.165, 1.54) is 19.3 Å². The predicted octanol–water partition coefficient (Wildman–Crippen LogP) is 4.77. The average Bonchev–Trinajstić information content (AvgIpc) is 2.48. The highest BCUT2D eigenvalue weighted by atomic mass is 79.9. The molecule has 0 radical (unpaired) electrons. The summed E-state index contributed by atoms with van der Waals surface area (Å²) in [7, 11) is 0. The first-order valence-corrected chi connectivity index (χ1v) is 8.59. The minimum Gasteiger partial charge on any atom is -0.334 e. The average molecular weight is 359 g/mol. The summed E-state index contributed by atoms with van der Waals surface area (Å²) >= 11 is 9.40. The van der Waals surface area contributed by atoms with Crippen LogP contribution in [0.5, 0.6) is 0 Å². The van der Waals surface area contributed by atoms with Crippen LogP contribution in [0.15, 0.2) is 22.7 Å². The molecule has 1 aromatic carbocycles. The Morgan fingerprint density at radius 3 is 2.65 bits per heavy atom. The predicted molar refractivity (Wildman–Crippen MR) is 87.5 cm³/mol. The molecule has 20 heavy (non-hydrogen) atoms. The topological polar surface area (TPSA) is 20.3 Å². The molecular formula is C16H21BrClNO. The monoisotopic (exact) mass is 357 g/mol. The fourth-order valence-electron chi connectivity index (χ4n) is 2.83. The molecule has 0 aromatic heterocycles.